The van der Waals surface area contributed by atoms with Crippen molar-refractivity contribution >= 4 is 15.9 Å². The summed E-state index contributed by atoms with van der Waals surface area (Å²) in [6.07, 6.45) is 4.95. The van der Waals surface area contributed by atoms with Crippen LogP contribution < -0.4 is 0 Å². The van der Waals surface area contributed by atoms with Gasteiger partial charge in [0.15, 0.2) is 0 Å². The molecular formula is C14H9BrFN3. The molecule has 0 amide bonds. The van der Waals surface area contributed by atoms with Crippen molar-refractivity contribution in [2.75, 3.05) is 0 Å². The van der Waals surface area contributed by atoms with Crippen LogP contribution in [0.5, 0.6) is 0 Å². The molecule has 0 aliphatic heterocycles. The molecule has 94 valence electrons. The van der Waals surface area contributed by atoms with E-state index < -0.39 is 0 Å². The minimum Gasteiger partial charge on any atom is -0.283 e. The van der Waals surface area contributed by atoms with Gasteiger partial charge in [-0.05, 0) is 40.2 Å². The molecule has 0 N–H and O–H groups in total. The molecule has 3 rings (SSSR count). The van der Waals surface area contributed by atoms with Crippen LogP contribution in [-0.2, 0) is 0 Å². The third kappa shape index (κ3) is 2.29. The third-order valence-corrected chi connectivity index (χ3v) is 3.22. The lowest BCUT2D eigenvalue weighted by molar-refractivity contribution is 0.630. The molecule has 0 spiro atoms. The van der Waals surface area contributed by atoms with Gasteiger partial charge in [0, 0.05) is 16.2 Å². The fourth-order valence-corrected chi connectivity index (χ4v) is 2.09. The molecule has 19 heavy (non-hydrogen) atoms. The quantitative estimate of drug-likeness (QED) is 0.719. The van der Waals surface area contributed by atoms with Crippen molar-refractivity contribution in [3.8, 4) is 17.1 Å². The van der Waals surface area contributed by atoms with Crippen molar-refractivity contribution in [1.82, 2.24) is 14.5 Å². The summed E-state index contributed by atoms with van der Waals surface area (Å²) in [4.78, 5) is 8.37. The number of aromatic nitrogens is 3. The van der Waals surface area contributed by atoms with E-state index in [1.54, 1.807) is 41.5 Å². The summed E-state index contributed by atoms with van der Waals surface area (Å²) in [5.74, 6) is 0.417. The molecular weight excluding hydrogens is 309 g/mol. The molecule has 2 aromatic heterocycles. The second kappa shape index (κ2) is 4.93. The van der Waals surface area contributed by atoms with E-state index in [-0.39, 0.29) is 5.82 Å². The lowest BCUT2D eigenvalue weighted by Crippen LogP contribution is -1.98. The molecule has 0 saturated heterocycles. The minimum atomic E-state index is -0.277. The lowest BCUT2D eigenvalue weighted by atomic mass is 10.1. The summed E-state index contributed by atoms with van der Waals surface area (Å²) in [6, 6.07) is 10.3. The van der Waals surface area contributed by atoms with Crippen molar-refractivity contribution in [1.29, 1.82) is 0 Å². The molecule has 0 radical (unpaired) electrons. The van der Waals surface area contributed by atoms with Crippen molar-refractivity contribution in [2.45, 2.75) is 0 Å². The monoisotopic (exact) mass is 317 g/mol. The van der Waals surface area contributed by atoms with Crippen molar-refractivity contribution < 1.29 is 4.39 Å². The highest BCUT2D eigenvalue weighted by atomic mass is 79.9. The van der Waals surface area contributed by atoms with Gasteiger partial charge in [0.25, 0.3) is 0 Å². The number of hydrogen-bond acceptors (Lipinski definition) is 2. The number of halogens is 2. The van der Waals surface area contributed by atoms with E-state index in [0.717, 1.165) is 4.47 Å². The average molecular weight is 318 g/mol. The van der Waals surface area contributed by atoms with Crippen LogP contribution in [0.15, 0.2) is 59.6 Å². The Morgan fingerprint density at radius 3 is 2.63 bits per heavy atom. The fraction of sp³-hybridized carbons (Fsp3) is 0. The Labute approximate surface area is 117 Å². The van der Waals surface area contributed by atoms with Gasteiger partial charge in [-0.2, -0.15) is 0 Å². The maximum atomic E-state index is 13.8. The molecule has 5 heteroatoms. The zero-order chi connectivity index (χ0) is 13.2. The summed E-state index contributed by atoms with van der Waals surface area (Å²) < 4.78 is 16.5. The van der Waals surface area contributed by atoms with Crippen molar-refractivity contribution in [2.24, 2.45) is 0 Å². The first kappa shape index (κ1) is 12.0. The zero-order valence-electron chi connectivity index (χ0n) is 9.79. The van der Waals surface area contributed by atoms with E-state index in [0.29, 0.717) is 17.1 Å². The smallest absolute Gasteiger partial charge is 0.138 e. The number of rotatable bonds is 2. The number of nitrogens with zero attached hydrogens (tertiary/aromatic N) is 3. The van der Waals surface area contributed by atoms with Gasteiger partial charge >= 0.3 is 0 Å². The van der Waals surface area contributed by atoms with Gasteiger partial charge in [-0.15, -0.1) is 0 Å². The van der Waals surface area contributed by atoms with Gasteiger partial charge in [0.05, 0.1) is 11.9 Å². The van der Waals surface area contributed by atoms with Crippen LogP contribution in [0.2, 0.25) is 0 Å². The maximum Gasteiger partial charge on any atom is 0.138 e. The van der Waals surface area contributed by atoms with Gasteiger partial charge in [0.2, 0.25) is 0 Å². The number of benzene rings is 1. The van der Waals surface area contributed by atoms with Gasteiger partial charge in [0.1, 0.15) is 18.0 Å². The predicted octanol–water partition coefficient (Wildman–Crippen LogP) is 3.84. The maximum absolute atomic E-state index is 13.8. The molecule has 2 heterocycles. The highest BCUT2D eigenvalue weighted by molar-refractivity contribution is 9.10. The van der Waals surface area contributed by atoms with Crippen LogP contribution >= 0.6 is 15.9 Å². The Morgan fingerprint density at radius 2 is 1.89 bits per heavy atom. The first-order chi connectivity index (χ1) is 9.25. The van der Waals surface area contributed by atoms with Crippen LogP contribution in [0, 0.1) is 5.82 Å². The van der Waals surface area contributed by atoms with Gasteiger partial charge in [-0.25, -0.2) is 14.4 Å². The Hall–Kier alpha value is -2.01. The summed E-state index contributed by atoms with van der Waals surface area (Å²) in [5, 5.41) is 0. The van der Waals surface area contributed by atoms with E-state index in [2.05, 4.69) is 25.9 Å². The normalized spacial score (nSPS) is 10.6. The average Bonchev–Trinajstić information content (AvgIpc) is 2.89. The minimum absolute atomic E-state index is 0.277. The summed E-state index contributed by atoms with van der Waals surface area (Å²) in [7, 11) is 0. The van der Waals surface area contributed by atoms with E-state index >= 15 is 0 Å². The van der Waals surface area contributed by atoms with Crippen molar-refractivity contribution in [3.63, 3.8) is 0 Å². The highest BCUT2D eigenvalue weighted by Gasteiger charge is 2.11. The molecule has 3 aromatic rings. The van der Waals surface area contributed by atoms with Crippen LogP contribution in [0.3, 0.4) is 0 Å². The van der Waals surface area contributed by atoms with E-state index in [1.807, 2.05) is 12.1 Å². The Balaban J connectivity index is 2.13. The standard InChI is InChI=1S/C14H9BrFN3/c15-10-5-6-14(18-7-10)19-9-17-8-13(19)11-3-1-2-4-12(11)16/h1-9H. The van der Waals surface area contributed by atoms with E-state index in [9.17, 15) is 4.39 Å². The van der Waals surface area contributed by atoms with E-state index in [1.165, 1.54) is 6.07 Å². The fourth-order valence-electron chi connectivity index (χ4n) is 1.86. The first-order valence-electron chi connectivity index (χ1n) is 5.65. The molecule has 0 unspecified atom stereocenters. The van der Waals surface area contributed by atoms with Crippen LogP contribution in [0.25, 0.3) is 17.1 Å². The van der Waals surface area contributed by atoms with E-state index in [4.69, 9.17) is 0 Å². The first-order valence-corrected chi connectivity index (χ1v) is 6.44. The van der Waals surface area contributed by atoms with Crippen LogP contribution in [-0.4, -0.2) is 14.5 Å². The molecule has 0 fully saturated rings. The van der Waals surface area contributed by atoms with Gasteiger partial charge in [-0.1, -0.05) is 12.1 Å². The Kier molecular flexibility index (Phi) is 3.13. The number of hydrogen-bond donors (Lipinski definition) is 0. The molecule has 0 atom stereocenters. The third-order valence-electron chi connectivity index (χ3n) is 2.75. The predicted molar refractivity (Wildman–Crippen MR) is 74.5 cm³/mol. The Bertz CT molecular complexity index is 707. The van der Waals surface area contributed by atoms with Gasteiger partial charge in [-0.3, -0.25) is 4.57 Å². The lowest BCUT2D eigenvalue weighted by Gasteiger charge is -2.08. The molecule has 0 bridgehead atoms. The summed E-state index contributed by atoms with van der Waals surface area (Å²) in [6.45, 7) is 0. The molecule has 0 aliphatic carbocycles. The molecule has 0 aliphatic rings. The van der Waals surface area contributed by atoms with Crippen molar-refractivity contribution in [3.05, 3.63) is 65.4 Å². The molecule has 3 nitrogen and oxygen atoms in total. The summed E-state index contributed by atoms with van der Waals surface area (Å²) in [5.41, 5.74) is 1.18. The molecule has 0 saturated carbocycles. The molecule has 1 aromatic carbocycles. The number of pyridine rings is 1. The summed E-state index contributed by atoms with van der Waals surface area (Å²) >= 11 is 3.34. The second-order valence-electron chi connectivity index (χ2n) is 3.96. The zero-order valence-corrected chi connectivity index (χ0v) is 11.4. The van der Waals surface area contributed by atoms with Gasteiger partial charge < -0.3 is 0 Å². The SMILES string of the molecule is Fc1ccccc1-c1cncn1-c1ccc(Br)cn1. The highest BCUT2D eigenvalue weighted by Crippen LogP contribution is 2.24. The van der Waals surface area contributed by atoms with Crippen LogP contribution in [0.1, 0.15) is 0 Å². The largest absolute Gasteiger partial charge is 0.283 e. The Morgan fingerprint density at radius 1 is 1.05 bits per heavy atom. The second-order valence-corrected chi connectivity index (χ2v) is 4.88. The number of imidazole rings is 1. The topological polar surface area (TPSA) is 30.7 Å². The van der Waals surface area contributed by atoms with Crippen LogP contribution in [0.4, 0.5) is 4.39 Å².